The highest BCUT2D eigenvalue weighted by molar-refractivity contribution is 7.93. The normalized spacial score (nSPS) is 19.7. The van der Waals surface area contributed by atoms with Crippen LogP contribution in [0.25, 0.3) is 11.4 Å². The van der Waals surface area contributed by atoms with Gasteiger partial charge in [-0.3, -0.25) is 4.79 Å². The first-order valence-electron chi connectivity index (χ1n) is 15.5. The van der Waals surface area contributed by atoms with Crippen molar-refractivity contribution >= 4 is 32.9 Å². The van der Waals surface area contributed by atoms with Crippen molar-refractivity contribution in [3.8, 4) is 0 Å². The fraction of sp³-hybridized carbons (Fsp3) is 0.125. The molecule has 46 heavy (non-hydrogen) atoms. The summed E-state index contributed by atoms with van der Waals surface area (Å²) < 4.78 is 30.7. The van der Waals surface area contributed by atoms with E-state index in [0.29, 0.717) is 11.3 Å². The number of hydrogen-bond acceptors (Lipinski definition) is 4. The predicted molar refractivity (Wildman–Crippen MR) is 183 cm³/mol. The zero-order valence-corrected chi connectivity index (χ0v) is 26.4. The first-order chi connectivity index (χ1) is 22.3. The number of para-hydroxylation sites is 1. The van der Waals surface area contributed by atoms with Crippen molar-refractivity contribution in [1.82, 2.24) is 4.90 Å². The number of Topliss-reactive ketones (excluding diaryl/α,β-unsaturated/α-hetero) is 1. The first-order valence-corrected chi connectivity index (χ1v) is 17.0. The second-order valence-corrected chi connectivity index (χ2v) is 14.0. The van der Waals surface area contributed by atoms with E-state index in [1.54, 1.807) is 25.3 Å². The number of carbonyl (C=O) groups is 1. The van der Waals surface area contributed by atoms with Crippen LogP contribution in [0.15, 0.2) is 145 Å². The molecule has 5 aromatic carbocycles. The van der Waals surface area contributed by atoms with Gasteiger partial charge >= 0.3 is 0 Å². The molecule has 8 rings (SSSR count). The molecular formula is C40H32N2O3S. The van der Waals surface area contributed by atoms with E-state index in [-0.39, 0.29) is 28.6 Å². The number of aryl methyl sites for hydroxylation is 1. The quantitative estimate of drug-likeness (QED) is 0.185. The van der Waals surface area contributed by atoms with E-state index in [9.17, 15) is 13.2 Å². The van der Waals surface area contributed by atoms with Crippen LogP contribution in [0.2, 0.25) is 0 Å². The highest BCUT2D eigenvalue weighted by atomic mass is 32.2. The number of nitrogens with zero attached hydrogens (tertiary/aromatic N) is 2. The molecule has 0 radical (unpaired) electrons. The SMILES string of the molecule is CC(=O)c1ccc(C2=CC3c4ccccc4C3C3c4ccccc4N(S(=O)(=O)c4ccc(C)cc4)C=C(c4ccccc4)N23)cc1. The average Bonchev–Trinajstić information content (AvgIpc) is 3.22. The zero-order valence-electron chi connectivity index (χ0n) is 25.5. The van der Waals surface area contributed by atoms with Gasteiger partial charge in [-0.05, 0) is 54.3 Å². The van der Waals surface area contributed by atoms with E-state index in [1.807, 2.05) is 91.9 Å². The second-order valence-electron chi connectivity index (χ2n) is 12.2. The molecule has 2 aliphatic heterocycles. The molecule has 0 spiro atoms. The van der Waals surface area contributed by atoms with E-state index >= 15 is 0 Å². The lowest BCUT2D eigenvalue weighted by Crippen LogP contribution is -2.41. The van der Waals surface area contributed by atoms with Crippen LogP contribution in [0.1, 0.15) is 68.5 Å². The Morgan fingerprint density at radius 2 is 1.26 bits per heavy atom. The number of sulfonamides is 1. The van der Waals surface area contributed by atoms with E-state index in [1.165, 1.54) is 15.4 Å². The molecule has 1 aliphatic carbocycles. The summed E-state index contributed by atoms with van der Waals surface area (Å²) in [5, 5.41) is 0. The Balaban J connectivity index is 1.43. The molecule has 0 N–H and O–H groups in total. The number of ketones is 1. The van der Waals surface area contributed by atoms with Gasteiger partial charge in [-0.15, -0.1) is 0 Å². The van der Waals surface area contributed by atoms with Crippen LogP contribution in [0.4, 0.5) is 5.69 Å². The third kappa shape index (κ3) is 4.36. The van der Waals surface area contributed by atoms with E-state index < -0.39 is 10.0 Å². The van der Waals surface area contributed by atoms with Crippen molar-refractivity contribution in [2.75, 3.05) is 4.31 Å². The number of allylic oxidation sites excluding steroid dienone is 1. The molecule has 3 atom stereocenters. The molecule has 0 saturated heterocycles. The number of anilines is 1. The summed E-state index contributed by atoms with van der Waals surface area (Å²) in [7, 11) is -4.00. The van der Waals surface area contributed by atoms with Crippen molar-refractivity contribution in [1.29, 1.82) is 0 Å². The maximum Gasteiger partial charge on any atom is 0.268 e. The van der Waals surface area contributed by atoms with E-state index in [4.69, 9.17) is 0 Å². The largest absolute Gasteiger partial charge is 0.331 e. The Labute approximate surface area is 269 Å². The van der Waals surface area contributed by atoms with E-state index in [0.717, 1.165) is 33.6 Å². The van der Waals surface area contributed by atoms with Gasteiger partial charge in [0.2, 0.25) is 0 Å². The molecule has 3 unspecified atom stereocenters. The Hall–Kier alpha value is -5.20. The Morgan fingerprint density at radius 1 is 0.652 bits per heavy atom. The number of benzene rings is 5. The van der Waals surface area contributed by atoms with Gasteiger partial charge in [0.25, 0.3) is 10.0 Å². The van der Waals surface area contributed by atoms with Gasteiger partial charge in [-0.1, -0.05) is 121 Å². The highest BCUT2D eigenvalue weighted by Crippen LogP contribution is 2.63. The Kier molecular flexibility index (Phi) is 6.59. The minimum atomic E-state index is -4.00. The summed E-state index contributed by atoms with van der Waals surface area (Å²) in [6.07, 6.45) is 4.13. The second kappa shape index (κ2) is 10.7. The van der Waals surface area contributed by atoms with Crippen LogP contribution >= 0.6 is 0 Å². The standard InChI is InChI=1S/C40H32N2O3S/c1-26-16-22-31(23-17-26)46(44,45)41-25-38(29-10-4-3-5-11-29)42-37(30-20-18-28(19-21-30)27(2)43)24-35-32-12-6-7-13-33(32)39(35)40(42)34-14-8-9-15-36(34)41/h3-25,35,39-40H,1-2H3. The Morgan fingerprint density at radius 3 is 1.96 bits per heavy atom. The molecule has 5 aromatic rings. The van der Waals surface area contributed by atoms with Crippen LogP contribution in [-0.4, -0.2) is 19.1 Å². The minimum absolute atomic E-state index is 0.0144. The van der Waals surface area contributed by atoms with Gasteiger partial charge in [0, 0.05) is 34.9 Å². The fourth-order valence-corrected chi connectivity index (χ4v) is 8.65. The Bertz CT molecular complexity index is 2170. The zero-order chi connectivity index (χ0) is 31.6. The van der Waals surface area contributed by atoms with Crippen molar-refractivity contribution in [2.24, 2.45) is 0 Å². The topological polar surface area (TPSA) is 57.7 Å². The molecule has 0 bridgehead atoms. The molecule has 3 aliphatic rings. The summed E-state index contributed by atoms with van der Waals surface area (Å²) in [5.74, 6) is 0.262. The van der Waals surface area contributed by atoms with Crippen LogP contribution in [0.3, 0.4) is 0 Å². The lowest BCUT2D eigenvalue weighted by molar-refractivity contribution is 0.101. The van der Waals surface area contributed by atoms with Crippen molar-refractivity contribution in [2.45, 2.75) is 36.6 Å². The van der Waals surface area contributed by atoms with Crippen LogP contribution < -0.4 is 4.31 Å². The smallest absolute Gasteiger partial charge is 0.268 e. The molecule has 0 fully saturated rings. The first kappa shape index (κ1) is 28.3. The lowest BCUT2D eigenvalue weighted by atomic mass is 9.61. The van der Waals surface area contributed by atoms with Crippen molar-refractivity contribution in [3.05, 3.63) is 179 Å². The van der Waals surface area contributed by atoms with Gasteiger partial charge < -0.3 is 4.90 Å². The van der Waals surface area contributed by atoms with Gasteiger partial charge in [0.1, 0.15) is 0 Å². The van der Waals surface area contributed by atoms with Gasteiger partial charge in [0.05, 0.1) is 22.3 Å². The maximum absolute atomic E-state index is 14.6. The third-order valence-electron chi connectivity index (χ3n) is 9.54. The third-order valence-corrected chi connectivity index (χ3v) is 11.2. The molecule has 0 amide bonds. The van der Waals surface area contributed by atoms with Gasteiger partial charge in [0.15, 0.2) is 5.78 Å². The summed E-state index contributed by atoms with van der Waals surface area (Å²) in [4.78, 5) is 14.8. The number of fused-ring (bicyclic) bond motifs is 8. The maximum atomic E-state index is 14.6. The van der Waals surface area contributed by atoms with Crippen LogP contribution in [0, 0.1) is 6.92 Å². The minimum Gasteiger partial charge on any atom is -0.331 e. The van der Waals surface area contributed by atoms with Crippen molar-refractivity contribution in [3.63, 3.8) is 0 Å². The number of hydrogen-bond donors (Lipinski definition) is 0. The van der Waals surface area contributed by atoms with E-state index in [2.05, 4.69) is 41.3 Å². The summed E-state index contributed by atoms with van der Waals surface area (Å²) >= 11 is 0. The highest BCUT2D eigenvalue weighted by Gasteiger charge is 2.51. The predicted octanol–water partition coefficient (Wildman–Crippen LogP) is 8.68. The molecule has 0 saturated carbocycles. The number of rotatable bonds is 5. The molecule has 226 valence electrons. The van der Waals surface area contributed by atoms with Crippen molar-refractivity contribution < 1.29 is 13.2 Å². The molecule has 2 heterocycles. The van der Waals surface area contributed by atoms with Gasteiger partial charge in [-0.2, -0.15) is 0 Å². The average molecular weight is 621 g/mol. The van der Waals surface area contributed by atoms with Crippen LogP contribution in [-0.2, 0) is 10.0 Å². The molecule has 0 aromatic heterocycles. The number of carbonyl (C=O) groups excluding carboxylic acids is 1. The monoisotopic (exact) mass is 620 g/mol. The van der Waals surface area contributed by atoms with Gasteiger partial charge in [-0.25, -0.2) is 12.7 Å². The lowest BCUT2D eigenvalue weighted by Gasteiger charge is -2.52. The molecule has 5 nitrogen and oxygen atoms in total. The summed E-state index contributed by atoms with van der Waals surface area (Å²) in [6.45, 7) is 3.53. The molecule has 6 heteroatoms. The summed E-state index contributed by atoms with van der Waals surface area (Å²) in [5.41, 5.74) is 9.43. The van der Waals surface area contributed by atoms with Crippen LogP contribution in [0.5, 0.6) is 0 Å². The summed E-state index contributed by atoms with van der Waals surface area (Å²) in [6, 6.07) is 41.1. The fourth-order valence-electron chi connectivity index (χ4n) is 7.28. The molecular weight excluding hydrogens is 589 g/mol.